The fourth-order valence-corrected chi connectivity index (χ4v) is 12.1. The van der Waals surface area contributed by atoms with Gasteiger partial charge in [-0.05, 0) is 0 Å². The van der Waals surface area contributed by atoms with Crippen molar-refractivity contribution >= 4 is 158 Å². The molecule has 8 radical (unpaired) electrons. The molecule has 0 spiro atoms. The number of hydrogen-bond acceptors (Lipinski definition) is 0. The summed E-state index contributed by atoms with van der Waals surface area (Å²) in [5, 5.41) is 32.1. The third kappa shape index (κ3) is 28.3. The third-order valence-electron chi connectivity index (χ3n) is 16.9. The molecule has 0 saturated carbocycles. The van der Waals surface area contributed by atoms with Crippen LogP contribution in [-0.4, -0.2) is 28.6 Å². The maximum absolute atomic E-state index is 2.24. The SMILES string of the molecule is C[Si]C.C[Si]C.C[Si]C.[CH3-].[CH3-].[Cl-].[Cl-].[Zr+3].[Zr+3].[Zr].c1ccc2[cH-]ccc2c1.c1ccc2[cH-]ccc2c1.c1ccc2[cH-]ccc2c1.c1ccc2[cH-]ccc2c1.c1ccc2[cH-]ccc2c1.c1ccc2[cH-]ccc2c1.c1ccc2c(c1)[cH-]c1ccccc12.c1ccc2c(c1)[cH-]c1ccccc12.c1ccc2c(c1)[cH-]c1ccccc12. The Morgan fingerprint density at radius 2 is 0.284 bits per heavy atom. The van der Waals surface area contributed by atoms with Gasteiger partial charge in [-0.25, -0.2) is 0 Å². The van der Waals surface area contributed by atoms with E-state index in [1.54, 1.807) is 0 Å². The first kappa shape index (κ1) is 95.0. The van der Waals surface area contributed by atoms with Crippen molar-refractivity contribution in [2.45, 2.75) is 39.3 Å². The molecule has 0 unspecified atom stereocenters. The summed E-state index contributed by atoms with van der Waals surface area (Å²) in [7, 11) is 3.25. The van der Waals surface area contributed by atoms with Crippen LogP contribution in [0.3, 0.4) is 0 Å². The van der Waals surface area contributed by atoms with Crippen LogP contribution in [0.15, 0.2) is 419 Å². The zero-order valence-corrected chi connectivity index (χ0v) is 75.5. The van der Waals surface area contributed by atoms with Crippen molar-refractivity contribution in [3.8, 4) is 0 Å². The van der Waals surface area contributed by atoms with Crippen LogP contribution in [0.4, 0.5) is 0 Å². The zero-order chi connectivity index (χ0) is 70.8. The van der Waals surface area contributed by atoms with Crippen LogP contribution in [-0.2, 0) is 78.6 Å². The molecule has 542 valence electrons. The van der Waals surface area contributed by atoms with Crippen LogP contribution >= 0.6 is 0 Å². The minimum atomic E-state index is 0. The number of benzene rings is 12. The first-order chi connectivity index (χ1) is 50.4. The minimum absolute atomic E-state index is 0. The Morgan fingerprint density at radius 3 is 0.413 bits per heavy atom. The van der Waals surface area contributed by atoms with Gasteiger partial charge in [-0.3, -0.25) is 0 Å². The topological polar surface area (TPSA) is 0 Å². The molecule has 0 aliphatic carbocycles. The average molecular weight is 1740 g/mol. The van der Waals surface area contributed by atoms with Gasteiger partial charge in [0.15, 0.2) is 0 Å². The van der Waals surface area contributed by atoms with E-state index >= 15 is 0 Å². The third-order valence-corrected chi connectivity index (χ3v) is 16.9. The Balaban J connectivity index is 0.000000312. The molecule has 0 aromatic heterocycles. The van der Waals surface area contributed by atoms with E-state index in [-0.39, 0.29) is 118 Å². The van der Waals surface area contributed by atoms with E-state index in [2.05, 4.69) is 458 Å². The molecule has 8 heteroatoms. The van der Waals surface area contributed by atoms with Crippen LogP contribution in [0.5, 0.6) is 0 Å². The van der Waals surface area contributed by atoms with E-state index < -0.39 is 0 Å². The Labute approximate surface area is 726 Å². The molecule has 0 aliphatic rings. The Kier molecular flexibility index (Phi) is 46.0. The molecule has 0 heterocycles. The molecule has 21 aromatic carbocycles. The van der Waals surface area contributed by atoms with Gasteiger partial charge in [-0.15, -0.1) is 297 Å². The van der Waals surface area contributed by atoms with Crippen LogP contribution in [0.25, 0.3) is 129 Å². The summed E-state index contributed by atoms with van der Waals surface area (Å²) in [4.78, 5) is 0. The second-order valence-corrected chi connectivity index (χ2v) is 27.4. The molecule has 0 nitrogen and oxygen atoms in total. The molecular weight excluding hydrogens is 1640 g/mol. The summed E-state index contributed by atoms with van der Waals surface area (Å²) in [5.74, 6) is 0. The van der Waals surface area contributed by atoms with Gasteiger partial charge in [-0.2, -0.15) is 105 Å². The number of hydrogen-bond donors (Lipinski definition) is 0. The number of halogens is 2. The maximum Gasteiger partial charge on any atom is 3.00 e. The molecule has 0 fully saturated rings. The van der Waals surface area contributed by atoms with Crippen molar-refractivity contribution in [2.75, 3.05) is 0 Å². The Hall–Kier alpha value is -8.21. The monoisotopic (exact) mass is 1730 g/mol. The van der Waals surface area contributed by atoms with E-state index in [0.29, 0.717) is 0 Å². The van der Waals surface area contributed by atoms with Crippen molar-refractivity contribution in [2.24, 2.45) is 0 Å². The molecule has 109 heavy (non-hydrogen) atoms. The van der Waals surface area contributed by atoms with Crippen LogP contribution in [0.2, 0.25) is 39.3 Å². The average Bonchev–Trinajstić information content (AvgIpc) is 1.66. The number of fused-ring (bicyclic) bond motifs is 15. The van der Waals surface area contributed by atoms with Gasteiger partial charge in [0.05, 0.1) is 0 Å². The molecule has 21 rings (SSSR count). The molecule has 0 bridgehead atoms. The fourth-order valence-electron chi connectivity index (χ4n) is 12.1. The largest absolute Gasteiger partial charge is 3.00 e. The van der Waals surface area contributed by atoms with Gasteiger partial charge in [0.1, 0.15) is 0 Å². The van der Waals surface area contributed by atoms with Gasteiger partial charge in [0, 0.05) is 54.8 Å². The zero-order valence-electron chi connectivity index (χ0n) is 63.6. The number of rotatable bonds is 0. The van der Waals surface area contributed by atoms with Crippen molar-refractivity contribution in [1.82, 2.24) is 0 Å². The Morgan fingerprint density at radius 1 is 0.174 bits per heavy atom. The van der Waals surface area contributed by atoms with E-state index in [9.17, 15) is 0 Å². The standard InChI is InChI=1S/3C13H9.6C9H7.3C2H6Si.2CH3.2ClH.3Zr/c3*1-3-7-12-10(5-1)9-11-6-2-4-8-13(11)12;6*1-2-5-9-7-3-6-8(9)4-1;3*1-3-2;;;;;;;/h3*1-9H;6*1-7H;3*1-2H3;2*1H3;2*1H;;;/q9*-1;;;;2*-1;;;;2*+3/p-2. The Bertz CT molecular complexity index is 4750. The van der Waals surface area contributed by atoms with Crippen molar-refractivity contribution in [3.63, 3.8) is 0 Å². The predicted octanol–water partition coefficient (Wildman–Crippen LogP) is 23.7. The second kappa shape index (κ2) is 52.8. The minimum Gasteiger partial charge on any atom is -1.00 e. The van der Waals surface area contributed by atoms with Crippen molar-refractivity contribution in [1.29, 1.82) is 0 Å². The summed E-state index contributed by atoms with van der Waals surface area (Å²) in [6, 6.07) is 146. The van der Waals surface area contributed by atoms with Gasteiger partial charge in [0.2, 0.25) is 0 Å². The summed E-state index contributed by atoms with van der Waals surface area (Å²) in [6.45, 7) is 12.9. The second-order valence-electron chi connectivity index (χ2n) is 24.4. The van der Waals surface area contributed by atoms with E-state index in [0.717, 1.165) is 28.6 Å². The molecule has 0 aliphatic heterocycles. The molecular formula is C101H93Cl2Si3Zr3-7. The normalized spacial score (nSPS) is 9.52. The molecule has 0 amide bonds. The van der Waals surface area contributed by atoms with Gasteiger partial charge < -0.3 is 39.7 Å². The van der Waals surface area contributed by atoms with Gasteiger partial charge in [0.25, 0.3) is 0 Å². The van der Waals surface area contributed by atoms with Crippen LogP contribution < -0.4 is 24.8 Å². The van der Waals surface area contributed by atoms with Crippen molar-refractivity contribution < 1.29 is 103 Å². The molecule has 0 N–H and O–H groups in total. The van der Waals surface area contributed by atoms with Gasteiger partial charge in [-0.1, -0.05) is 185 Å². The summed E-state index contributed by atoms with van der Waals surface area (Å²) in [6.07, 6.45) is 0. The fraction of sp³-hybridized carbons (Fsp3) is 0.0594. The molecule has 0 atom stereocenters. The molecule has 21 aromatic rings. The predicted molar refractivity (Wildman–Crippen MR) is 474 cm³/mol. The van der Waals surface area contributed by atoms with E-state index in [1.165, 1.54) is 129 Å². The molecule has 0 saturated heterocycles. The quantitative estimate of drug-likeness (QED) is 0.105. The van der Waals surface area contributed by atoms with Gasteiger partial charge >= 0.3 is 52.4 Å². The maximum atomic E-state index is 2.24. The van der Waals surface area contributed by atoms with E-state index in [4.69, 9.17) is 0 Å². The van der Waals surface area contributed by atoms with Crippen LogP contribution in [0.1, 0.15) is 0 Å². The summed E-state index contributed by atoms with van der Waals surface area (Å²) >= 11 is 0. The summed E-state index contributed by atoms with van der Waals surface area (Å²) in [5.41, 5.74) is 0. The summed E-state index contributed by atoms with van der Waals surface area (Å²) < 4.78 is 0. The van der Waals surface area contributed by atoms with E-state index in [1.807, 2.05) is 0 Å². The van der Waals surface area contributed by atoms with Crippen LogP contribution in [0, 0.1) is 14.9 Å². The van der Waals surface area contributed by atoms with Crippen molar-refractivity contribution in [3.05, 3.63) is 433 Å². The first-order valence-corrected chi connectivity index (χ1v) is 40.9. The smallest absolute Gasteiger partial charge is 1.00 e. The first-order valence-electron chi connectivity index (χ1n) is 34.9.